The molecule has 0 spiro atoms. The molecule has 170 valence electrons. The number of nitrogens with one attached hydrogen (secondary N) is 2. The lowest BCUT2D eigenvalue weighted by atomic mass is 10.1. The number of hydrogen-bond donors (Lipinski definition) is 2. The summed E-state index contributed by atoms with van der Waals surface area (Å²) in [5.74, 6) is 0. The summed E-state index contributed by atoms with van der Waals surface area (Å²) >= 11 is 0. The molecule has 0 saturated carbocycles. The van der Waals surface area contributed by atoms with Crippen molar-refractivity contribution in [3.8, 4) is 0 Å². The third kappa shape index (κ3) is 13.8. The zero-order valence-electron chi connectivity index (χ0n) is 18.0. The third-order valence-corrected chi connectivity index (χ3v) is 4.23. The van der Waals surface area contributed by atoms with Crippen LogP contribution in [-0.2, 0) is 30.4 Å². The average molecular weight is 445 g/mol. The molecule has 0 aliphatic carbocycles. The summed E-state index contributed by atoms with van der Waals surface area (Å²) in [6, 6.07) is 8.64. The Kier molecular flexibility index (Phi) is 10.6. The molecule has 30 heavy (non-hydrogen) atoms. The van der Waals surface area contributed by atoms with E-state index in [9.17, 15) is 18.0 Å². The molecule has 1 aromatic rings. The van der Waals surface area contributed by atoms with Gasteiger partial charge in [0.25, 0.3) is 10.1 Å². The number of unbranched alkanes of at least 4 members (excludes halogenated alkanes) is 1. The van der Waals surface area contributed by atoms with Gasteiger partial charge < -0.3 is 20.1 Å². The van der Waals surface area contributed by atoms with Crippen LogP contribution in [0, 0.1) is 0 Å². The van der Waals surface area contributed by atoms with E-state index in [1.54, 1.807) is 20.8 Å². The monoisotopic (exact) mass is 444 g/mol. The summed E-state index contributed by atoms with van der Waals surface area (Å²) in [6.07, 6.45) is 1.48. The summed E-state index contributed by atoms with van der Waals surface area (Å²) in [5, 5.41) is 5.28. The molecule has 0 fully saturated rings. The molecule has 1 aromatic carbocycles. The highest BCUT2D eigenvalue weighted by Gasteiger charge is 2.17. The largest absolute Gasteiger partial charge is 0.445 e. The Bertz CT molecular complexity index is 761. The van der Waals surface area contributed by atoms with Crippen LogP contribution in [0.15, 0.2) is 30.3 Å². The first-order valence-electron chi connectivity index (χ1n) is 9.73. The van der Waals surface area contributed by atoms with Crippen LogP contribution >= 0.6 is 0 Å². The van der Waals surface area contributed by atoms with Crippen molar-refractivity contribution >= 4 is 22.3 Å². The first-order valence-corrected chi connectivity index (χ1v) is 11.5. The van der Waals surface area contributed by atoms with Gasteiger partial charge in [-0.3, -0.25) is 4.18 Å². The van der Waals surface area contributed by atoms with E-state index in [2.05, 4.69) is 10.6 Å². The Hall–Kier alpha value is -2.33. The number of ether oxygens (including phenoxy) is 2. The summed E-state index contributed by atoms with van der Waals surface area (Å²) in [4.78, 5) is 23.7. The minimum absolute atomic E-state index is 0.103. The van der Waals surface area contributed by atoms with Crippen molar-refractivity contribution in [1.82, 2.24) is 10.6 Å². The van der Waals surface area contributed by atoms with E-state index in [-0.39, 0.29) is 13.2 Å². The van der Waals surface area contributed by atoms with Crippen LogP contribution in [-0.4, -0.2) is 51.7 Å². The predicted molar refractivity (Wildman–Crippen MR) is 112 cm³/mol. The van der Waals surface area contributed by atoms with Gasteiger partial charge in [0.2, 0.25) is 0 Å². The lowest BCUT2D eigenvalue weighted by molar-refractivity contribution is 0.0526. The van der Waals surface area contributed by atoms with Crippen molar-refractivity contribution in [3.63, 3.8) is 0 Å². The number of carbonyl (C=O) groups is 2. The second-order valence-electron chi connectivity index (χ2n) is 7.82. The number of alkyl carbamates (subject to hydrolysis) is 2. The van der Waals surface area contributed by atoms with E-state index in [1.807, 2.05) is 30.3 Å². The maximum Gasteiger partial charge on any atom is 0.407 e. The lowest BCUT2D eigenvalue weighted by Gasteiger charge is -2.20. The lowest BCUT2D eigenvalue weighted by Crippen LogP contribution is -2.39. The molecule has 0 aliphatic rings. The average Bonchev–Trinajstić information content (AvgIpc) is 2.62. The van der Waals surface area contributed by atoms with Gasteiger partial charge in [-0.05, 0) is 45.6 Å². The smallest absolute Gasteiger partial charge is 0.407 e. The molecule has 9 nitrogen and oxygen atoms in total. The van der Waals surface area contributed by atoms with Crippen molar-refractivity contribution < 1.29 is 31.7 Å². The van der Waals surface area contributed by atoms with Gasteiger partial charge in [0.1, 0.15) is 12.2 Å². The van der Waals surface area contributed by atoms with Gasteiger partial charge >= 0.3 is 12.2 Å². The molecule has 10 heteroatoms. The van der Waals surface area contributed by atoms with Gasteiger partial charge in [-0.1, -0.05) is 30.3 Å². The van der Waals surface area contributed by atoms with Crippen molar-refractivity contribution in [3.05, 3.63) is 35.9 Å². The molecule has 2 N–H and O–H groups in total. The topological polar surface area (TPSA) is 120 Å². The fourth-order valence-corrected chi connectivity index (χ4v) is 2.77. The molecule has 0 unspecified atom stereocenters. The third-order valence-electron chi connectivity index (χ3n) is 3.67. The summed E-state index contributed by atoms with van der Waals surface area (Å²) in [5.41, 5.74) is 0.271. The predicted octanol–water partition coefficient (Wildman–Crippen LogP) is 2.95. The molecule has 0 aromatic heterocycles. The van der Waals surface area contributed by atoms with E-state index in [1.165, 1.54) is 0 Å². The molecular formula is C20H32N2O7S. The number of hydrogen-bond acceptors (Lipinski definition) is 7. The van der Waals surface area contributed by atoms with Gasteiger partial charge in [0, 0.05) is 6.54 Å². The minimum atomic E-state index is -3.64. The van der Waals surface area contributed by atoms with Crippen molar-refractivity contribution in [2.75, 3.05) is 19.4 Å². The fraction of sp³-hybridized carbons (Fsp3) is 0.600. The van der Waals surface area contributed by atoms with Gasteiger partial charge in [0.05, 0.1) is 18.9 Å². The van der Waals surface area contributed by atoms with Crippen molar-refractivity contribution in [1.29, 1.82) is 0 Å². The molecule has 0 bridgehead atoms. The van der Waals surface area contributed by atoms with Gasteiger partial charge in [-0.15, -0.1) is 0 Å². The fourth-order valence-electron chi connectivity index (χ4n) is 2.35. The quantitative estimate of drug-likeness (QED) is 0.398. The number of amides is 2. The first-order chi connectivity index (χ1) is 13.9. The van der Waals surface area contributed by atoms with Crippen LogP contribution < -0.4 is 10.6 Å². The summed E-state index contributed by atoms with van der Waals surface area (Å²) in [6.45, 7) is 5.64. The highest BCUT2D eigenvalue weighted by molar-refractivity contribution is 7.85. The molecule has 0 radical (unpaired) electrons. The molecule has 1 atom stereocenters. The number of carbonyl (C=O) groups excluding carboxylic acids is 2. The summed E-state index contributed by atoms with van der Waals surface area (Å²) in [7, 11) is -3.64. The highest BCUT2D eigenvalue weighted by Crippen LogP contribution is 2.08. The maximum atomic E-state index is 12.1. The van der Waals surface area contributed by atoms with Crippen LogP contribution in [0.5, 0.6) is 0 Å². The van der Waals surface area contributed by atoms with Crippen molar-refractivity contribution in [2.24, 2.45) is 0 Å². The van der Waals surface area contributed by atoms with Crippen LogP contribution in [0.4, 0.5) is 9.59 Å². The maximum absolute atomic E-state index is 12.1. The Morgan fingerprint density at radius 3 is 2.33 bits per heavy atom. The van der Waals surface area contributed by atoms with Gasteiger partial charge in [0.15, 0.2) is 0 Å². The normalized spacial score (nSPS) is 12.7. The molecule has 0 saturated heterocycles. The van der Waals surface area contributed by atoms with E-state index >= 15 is 0 Å². The van der Waals surface area contributed by atoms with Gasteiger partial charge in [-0.25, -0.2) is 9.59 Å². The minimum Gasteiger partial charge on any atom is -0.445 e. The zero-order valence-corrected chi connectivity index (χ0v) is 18.8. The molecule has 1 rings (SSSR count). The van der Waals surface area contributed by atoms with Gasteiger partial charge in [-0.2, -0.15) is 8.42 Å². The SMILES string of the molecule is CC(C)(C)OC(=O)NCCCC[C@@H](COS(C)(=O)=O)NC(=O)OCc1ccccc1. The van der Waals surface area contributed by atoms with Crippen LogP contribution in [0.3, 0.4) is 0 Å². The van der Waals surface area contributed by atoms with E-state index in [0.717, 1.165) is 11.8 Å². The molecule has 2 amide bonds. The van der Waals surface area contributed by atoms with Crippen LogP contribution in [0.2, 0.25) is 0 Å². The summed E-state index contributed by atoms with van der Waals surface area (Å²) < 4.78 is 37.7. The second-order valence-corrected chi connectivity index (χ2v) is 9.46. The second kappa shape index (κ2) is 12.4. The van der Waals surface area contributed by atoms with Crippen LogP contribution in [0.1, 0.15) is 45.6 Å². The zero-order chi connectivity index (χ0) is 22.6. The number of rotatable bonds is 11. The Labute approximate surface area is 178 Å². The Morgan fingerprint density at radius 2 is 1.73 bits per heavy atom. The van der Waals surface area contributed by atoms with E-state index in [4.69, 9.17) is 13.7 Å². The molecule has 0 aliphatic heterocycles. The number of benzene rings is 1. The van der Waals surface area contributed by atoms with E-state index < -0.39 is 33.9 Å². The molecule has 0 heterocycles. The Morgan fingerprint density at radius 1 is 1.07 bits per heavy atom. The molecular weight excluding hydrogens is 412 g/mol. The van der Waals surface area contributed by atoms with Crippen LogP contribution in [0.25, 0.3) is 0 Å². The van der Waals surface area contributed by atoms with E-state index in [0.29, 0.717) is 25.8 Å². The van der Waals surface area contributed by atoms with Crippen molar-refractivity contribution in [2.45, 2.75) is 58.3 Å². The first kappa shape index (κ1) is 25.7. The standard InChI is InChI=1S/C20H32N2O7S/c1-20(2,3)29-18(23)21-13-9-8-12-17(15-28-30(4,25)26)22-19(24)27-14-16-10-6-5-7-11-16/h5-7,10-11,17H,8-9,12-15H2,1-4H3,(H,21,23)(H,22,24)/t17-/m0/s1. The highest BCUT2D eigenvalue weighted by atomic mass is 32.2. The Balaban J connectivity index is 2.41.